The van der Waals surface area contributed by atoms with Crippen LogP contribution in [0.5, 0.6) is 5.75 Å². The van der Waals surface area contributed by atoms with Gasteiger partial charge >= 0.3 is 11.9 Å². The second-order valence-corrected chi connectivity index (χ2v) is 3.92. The molecule has 0 radical (unpaired) electrons. The van der Waals surface area contributed by atoms with Crippen LogP contribution in [0.4, 0.5) is 13.2 Å². The first kappa shape index (κ1) is 14.6. The normalized spacial score (nSPS) is 10.2. The van der Waals surface area contributed by atoms with E-state index < -0.39 is 40.7 Å². The molecule has 2 aromatic carbocycles. The lowest BCUT2D eigenvalue weighted by molar-refractivity contribution is 0.0689. The van der Waals surface area contributed by atoms with Gasteiger partial charge in [-0.3, -0.25) is 0 Å². The van der Waals surface area contributed by atoms with Crippen molar-refractivity contribution in [1.82, 2.24) is 0 Å². The smallest absolute Gasteiger partial charge is 0.343 e. The zero-order valence-corrected chi connectivity index (χ0v) is 10.3. The fourth-order valence-corrected chi connectivity index (χ4v) is 1.55. The first-order chi connectivity index (χ1) is 9.91. The van der Waals surface area contributed by atoms with Gasteiger partial charge in [-0.1, -0.05) is 18.2 Å². The van der Waals surface area contributed by atoms with Crippen LogP contribution in [-0.4, -0.2) is 17.0 Å². The van der Waals surface area contributed by atoms with Gasteiger partial charge in [0.2, 0.25) is 11.6 Å². The van der Waals surface area contributed by atoms with Gasteiger partial charge in [0.05, 0.1) is 5.56 Å². The van der Waals surface area contributed by atoms with Crippen LogP contribution in [0.15, 0.2) is 36.4 Å². The Balaban J connectivity index is 2.40. The Morgan fingerprint density at radius 2 is 1.62 bits per heavy atom. The van der Waals surface area contributed by atoms with Gasteiger partial charge in [-0.05, 0) is 18.2 Å². The van der Waals surface area contributed by atoms with Gasteiger partial charge in [-0.15, -0.1) is 0 Å². The predicted octanol–water partition coefficient (Wildman–Crippen LogP) is 3.02. The number of halogens is 3. The second-order valence-electron chi connectivity index (χ2n) is 3.92. The molecule has 108 valence electrons. The minimum absolute atomic E-state index is 0.000908. The van der Waals surface area contributed by atoms with Crippen LogP contribution in [0.1, 0.15) is 20.7 Å². The molecule has 0 saturated carbocycles. The molecule has 0 aliphatic rings. The van der Waals surface area contributed by atoms with Crippen molar-refractivity contribution in [2.75, 3.05) is 0 Å². The van der Waals surface area contributed by atoms with E-state index in [1.165, 1.54) is 24.3 Å². The molecule has 0 aliphatic carbocycles. The lowest BCUT2D eigenvalue weighted by Crippen LogP contribution is -2.13. The maximum absolute atomic E-state index is 13.6. The highest BCUT2D eigenvalue weighted by molar-refractivity contribution is 5.91. The van der Waals surface area contributed by atoms with Crippen molar-refractivity contribution in [1.29, 1.82) is 0 Å². The number of carboxylic acids is 1. The molecule has 21 heavy (non-hydrogen) atoms. The topological polar surface area (TPSA) is 63.6 Å². The number of benzene rings is 2. The van der Waals surface area contributed by atoms with E-state index in [-0.39, 0.29) is 11.6 Å². The first-order valence-electron chi connectivity index (χ1n) is 5.60. The van der Waals surface area contributed by atoms with Gasteiger partial charge in [-0.25, -0.2) is 18.4 Å². The van der Waals surface area contributed by atoms with Crippen LogP contribution in [0.3, 0.4) is 0 Å². The molecule has 0 heterocycles. The minimum Gasteiger partial charge on any atom is -0.478 e. The molecule has 0 spiro atoms. The molecule has 0 atom stereocenters. The number of carbonyl (C=O) groups excluding carboxylic acids is 1. The number of hydrogen-bond donors (Lipinski definition) is 1. The molecule has 2 rings (SSSR count). The van der Waals surface area contributed by atoms with Crippen molar-refractivity contribution in [2.24, 2.45) is 0 Å². The third-order valence-electron chi connectivity index (χ3n) is 2.55. The van der Waals surface area contributed by atoms with E-state index >= 15 is 0 Å². The minimum atomic E-state index is -1.88. The Bertz CT molecular complexity index is 714. The Morgan fingerprint density at radius 3 is 2.19 bits per heavy atom. The maximum atomic E-state index is 13.6. The summed E-state index contributed by atoms with van der Waals surface area (Å²) >= 11 is 0. The predicted molar refractivity (Wildman–Crippen MR) is 64.7 cm³/mol. The number of aromatic carboxylic acids is 1. The molecular formula is C14H7F3O4. The first-order valence-corrected chi connectivity index (χ1v) is 5.60. The SMILES string of the molecule is O=C(Oc1c(F)cc(C(=O)O)c(F)c1F)c1ccccc1. The average Bonchev–Trinajstić information content (AvgIpc) is 2.47. The quantitative estimate of drug-likeness (QED) is 0.537. The van der Waals surface area contributed by atoms with Crippen LogP contribution in [0.2, 0.25) is 0 Å². The number of hydrogen-bond acceptors (Lipinski definition) is 3. The summed E-state index contributed by atoms with van der Waals surface area (Å²) in [5, 5.41) is 8.58. The number of esters is 1. The molecule has 0 bridgehead atoms. The van der Waals surface area contributed by atoms with Crippen LogP contribution < -0.4 is 4.74 Å². The Labute approximate surface area is 116 Å². The lowest BCUT2D eigenvalue weighted by Gasteiger charge is -2.08. The fourth-order valence-electron chi connectivity index (χ4n) is 1.55. The number of carbonyl (C=O) groups is 2. The third-order valence-corrected chi connectivity index (χ3v) is 2.55. The summed E-state index contributed by atoms with van der Waals surface area (Å²) in [4.78, 5) is 22.3. The highest BCUT2D eigenvalue weighted by atomic mass is 19.2. The molecular weight excluding hydrogens is 289 g/mol. The highest BCUT2D eigenvalue weighted by Crippen LogP contribution is 2.27. The van der Waals surface area contributed by atoms with Gasteiger partial charge in [0.1, 0.15) is 5.56 Å². The molecule has 0 saturated heterocycles. The zero-order chi connectivity index (χ0) is 15.6. The molecule has 0 aromatic heterocycles. The molecule has 0 unspecified atom stereocenters. The van der Waals surface area contributed by atoms with Crippen LogP contribution in [0.25, 0.3) is 0 Å². The molecule has 1 N–H and O–H groups in total. The summed E-state index contributed by atoms with van der Waals surface area (Å²) < 4.78 is 45.1. The monoisotopic (exact) mass is 296 g/mol. The summed E-state index contributed by atoms with van der Waals surface area (Å²) in [6.07, 6.45) is 0. The van der Waals surface area contributed by atoms with E-state index in [0.29, 0.717) is 0 Å². The largest absolute Gasteiger partial charge is 0.478 e. The highest BCUT2D eigenvalue weighted by Gasteiger charge is 2.25. The van der Waals surface area contributed by atoms with E-state index in [1.807, 2.05) is 0 Å². The van der Waals surface area contributed by atoms with Crippen molar-refractivity contribution in [3.05, 3.63) is 65.0 Å². The summed E-state index contributed by atoms with van der Waals surface area (Å²) in [6, 6.07) is 7.52. The van der Waals surface area contributed by atoms with Gasteiger partial charge in [0.25, 0.3) is 0 Å². The summed E-state index contributed by atoms with van der Waals surface area (Å²) in [6.45, 7) is 0. The second kappa shape index (κ2) is 5.66. The molecule has 0 amide bonds. The van der Waals surface area contributed by atoms with E-state index in [4.69, 9.17) is 5.11 Å². The third kappa shape index (κ3) is 2.86. The van der Waals surface area contributed by atoms with E-state index in [2.05, 4.69) is 4.74 Å². The van der Waals surface area contributed by atoms with E-state index in [0.717, 1.165) is 0 Å². The van der Waals surface area contributed by atoms with Gasteiger partial charge in [0.15, 0.2) is 11.6 Å². The van der Waals surface area contributed by atoms with Crippen molar-refractivity contribution in [2.45, 2.75) is 0 Å². The number of carboxylic acid groups (broad SMARTS) is 1. The molecule has 7 heteroatoms. The van der Waals surface area contributed by atoms with Gasteiger partial charge < -0.3 is 9.84 Å². The maximum Gasteiger partial charge on any atom is 0.343 e. The fraction of sp³-hybridized carbons (Fsp3) is 0. The van der Waals surface area contributed by atoms with Crippen molar-refractivity contribution in [3.8, 4) is 5.75 Å². The number of rotatable bonds is 3. The van der Waals surface area contributed by atoms with Crippen molar-refractivity contribution < 1.29 is 32.6 Å². The molecule has 0 fully saturated rings. The number of ether oxygens (including phenoxy) is 1. The van der Waals surface area contributed by atoms with Gasteiger partial charge in [0, 0.05) is 0 Å². The summed E-state index contributed by atoms with van der Waals surface area (Å²) in [7, 11) is 0. The standard InChI is InChI=1S/C14H7F3O4/c15-9-6-8(13(18)19)10(16)11(17)12(9)21-14(20)7-4-2-1-3-5-7/h1-6H,(H,18,19). The molecule has 0 aliphatic heterocycles. The van der Waals surface area contributed by atoms with Crippen LogP contribution in [0, 0.1) is 17.5 Å². The lowest BCUT2D eigenvalue weighted by atomic mass is 10.2. The zero-order valence-electron chi connectivity index (χ0n) is 10.3. The Morgan fingerprint density at radius 1 is 1.00 bits per heavy atom. The summed E-state index contributed by atoms with van der Waals surface area (Å²) in [5.41, 5.74) is -1.19. The van der Waals surface area contributed by atoms with E-state index in [9.17, 15) is 22.8 Å². The summed E-state index contributed by atoms with van der Waals surface area (Å²) in [5.74, 6) is -9.40. The van der Waals surface area contributed by atoms with Gasteiger partial charge in [-0.2, -0.15) is 4.39 Å². The molecule has 2 aromatic rings. The average molecular weight is 296 g/mol. The van der Waals surface area contributed by atoms with Crippen LogP contribution >= 0.6 is 0 Å². The molecule has 4 nitrogen and oxygen atoms in total. The Kier molecular flexibility index (Phi) is 3.93. The Hall–Kier alpha value is -2.83. The van der Waals surface area contributed by atoms with Crippen molar-refractivity contribution in [3.63, 3.8) is 0 Å². The van der Waals surface area contributed by atoms with Crippen molar-refractivity contribution >= 4 is 11.9 Å². The van der Waals surface area contributed by atoms with Crippen LogP contribution in [-0.2, 0) is 0 Å². The van der Waals surface area contributed by atoms with E-state index in [1.54, 1.807) is 6.07 Å².